The Bertz CT molecular complexity index is 393. The molecule has 1 N–H and O–H groups in total. The summed E-state index contributed by atoms with van der Waals surface area (Å²) in [5, 5.41) is 8.68. The average Bonchev–Trinajstić information content (AvgIpc) is 2.41. The zero-order chi connectivity index (χ0) is 13.5. The van der Waals surface area contributed by atoms with Crippen molar-refractivity contribution < 1.29 is 19.4 Å². The number of carbonyl (C=O) groups is 1. The van der Waals surface area contributed by atoms with E-state index in [9.17, 15) is 4.79 Å². The lowest BCUT2D eigenvalue weighted by molar-refractivity contribution is -0.136. The Balaban J connectivity index is 1.71. The van der Waals surface area contributed by atoms with Crippen LogP contribution in [0.1, 0.15) is 30.4 Å². The van der Waals surface area contributed by atoms with E-state index < -0.39 is 5.97 Å². The van der Waals surface area contributed by atoms with Crippen molar-refractivity contribution in [3.63, 3.8) is 0 Å². The number of aliphatic carboxylic acids is 1. The van der Waals surface area contributed by atoms with Gasteiger partial charge in [0.25, 0.3) is 0 Å². The molecule has 0 radical (unpaired) electrons. The summed E-state index contributed by atoms with van der Waals surface area (Å²) in [4.78, 5) is 10.6. The van der Waals surface area contributed by atoms with Crippen molar-refractivity contribution in [1.29, 1.82) is 0 Å². The van der Waals surface area contributed by atoms with Crippen LogP contribution >= 0.6 is 0 Å². The quantitative estimate of drug-likeness (QED) is 0.857. The molecule has 19 heavy (non-hydrogen) atoms. The second-order valence-electron chi connectivity index (χ2n) is 4.89. The first-order valence-corrected chi connectivity index (χ1v) is 6.73. The second kappa shape index (κ2) is 7.26. The fraction of sp³-hybridized carbons (Fsp3) is 0.533. The van der Waals surface area contributed by atoms with Crippen molar-refractivity contribution in [3.05, 3.63) is 35.4 Å². The number of hydrogen-bond donors (Lipinski definition) is 1. The summed E-state index contributed by atoms with van der Waals surface area (Å²) in [6.45, 7) is 2.03. The normalized spacial score (nSPS) is 19.3. The Morgan fingerprint density at radius 2 is 2.00 bits per heavy atom. The first-order valence-electron chi connectivity index (χ1n) is 6.73. The summed E-state index contributed by atoms with van der Waals surface area (Å²) in [7, 11) is 0. The van der Waals surface area contributed by atoms with Gasteiger partial charge in [-0.1, -0.05) is 24.3 Å². The fourth-order valence-electron chi connectivity index (χ4n) is 2.18. The van der Waals surface area contributed by atoms with Gasteiger partial charge in [0.05, 0.1) is 25.7 Å². The maximum atomic E-state index is 10.6. The first kappa shape index (κ1) is 14.0. The zero-order valence-corrected chi connectivity index (χ0v) is 11.0. The Hall–Kier alpha value is -1.39. The lowest BCUT2D eigenvalue weighted by Gasteiger charge is -2.22. The lowest BCUT2D eigenvalue weighted by atomic mass is 10.1. The van der Waals surface area contributed by atoms with Gasteiger partial charge in [0.2, 0.25) is 0 Å². The molecule has 1 saturated heterocycles. The summed E-state index contributed by atoms with van der Waals surface area (Å²) in [5.74, 6) is -0.807. The van der Waals surface area contributed by atoms with E-state index in [1.165, 1.54) is 6.42 Å². The topological polar surface area (TPSA) is 55.8 Å². The van der Waals surface area contributed by atoms with Crippen LogP contribution in [0.25, 0.3) is 0 Å². The molecular formula is C15H20O4. The van der Waals surface area contributed by atoms with Gasteiger partial charge in [0.1, 0.15) is 0 Å². The zero-order valence-electron chi connectivity index (χ0n) is 11.0. The molecule has 0 aliphatic carbocycles. The molecule has 1 aliphatic rings. The minimum atomic E-state index is -0.807. The van der Waals surface area contributed by atoms with Gasteiger partial charge in [-0.15, -0.1) is 0 Å². The van der Waals surface area contributed by atoms with Crippen LogP contribution in [-0.4, -0.2) is 30.4 Å². The van der Waals surface area contributed by atoms with Gasteiger partial charge in [-0.25, -0.2) is 0 Å². The molecule has 2 rings (SSSR count). The van der Waals surface area contributed by atoms with Crippen molar-refractivity contribution in [1.82, 2.24) is 0 Å². The van der Waals surface area contributed by atoms with E-state index in [1.54, 1.807) is 0 Å². The van der Waals surface area contributed by atoms with E-state index in [1.807, 2.05) is 24.3 Å². The number of hydrogen-bond acceptors (Lipinski definition) is 3. The third kappa shape index (κ3) is 5.01. The van der Waals surface area contributed by atoms with Crippen LogP contribution in [0.3, 0.4) is 0 Å². The maximum absolute atomic E-state index is 10.6. The highest BCUT2D eigenvalue weighted by Gasteiger charge is 2.13. The monoisotopic (exact) mass is 264 g/mol. The van der Waals surface area contributed by atoms with E-state index in [2.05, 4.69) is 0 Å². The van der Waals surface area contributed by atoms with Gasteiger partial charge in [-0.3, -0.25) is 4.79 Å². The molecule has 1 atom stereocenters. The molecule has 1 unspecified atom stereocenters. The fourth-order valence-corrected chi connectivity index (χ4v) is 2.18. The van der Waals surface area contributed by atoms with Gasteiger partial charge >= 0.3 is 5.97 Å². The Morgan fingerprint density at radius 3 is 2.63 bits per heavy atom. The van der Waals surface area contributed by atoms with Crippen molar-refractivity contribution >= 4 is 5.97 Å². The summed E-state index contributed by atoms with van der Waals surface area (Å²) < 4.78 is 11.2. The summed E-state index contributed by atoms with van der Waals surface area (Å²) in [6.07, 6.45) is 3.76. The molecule has 0 bridgehead atoms. The number of rotatable bonds is 6. The molecule has 1 aliphatic heterocycles. The van der Waals surface area contributed by atoms with E-state index in [0.29, 0.717) is 13.2 Å². The Labute approximate surface area is 113 Å². The molecule has 1 fully saturated rings. The Kier molecular flexibility index (Phi) is 5.36. The molecule has 0 spiro atoms. The van der Waals surface area contributed by atoms with Gasteiger partial charge in [0.15, 0.2) is 0 Å². The van der Waals surface area contributed by atoms with Gasteiger partial charge < -0.3 is 14.6 Å². The molecule has 4 nitrogen and oxygen atoms in total. The van der Waals surface area contributed by atoms with Crippen molar-refractivity contribution in [2.45, 2.75) is 38.4 Å². The highest BCUT2D eigenvalue weighted by atomic mass is 16.5. The molecule has 0 aromatic heterocycles. The van der Waals surface area contributed by atoms with Crippen molar-refractivity contribution in [2.75, 3.05) is 13.2 Å². The van der Waals surface area contributed by atoms with Gasteiger partial charge in [0, 0.05) is 6.61 Å². The minimum Gasteiger partial charge on any atom is -0.481 e. The summed E-state index contributed by atoms with van der Waals surface area (Å²) in [5.41, 5.74) is 1.87. The van der Waals surface area contributed by atoms with Crippen LogP contribution in [0, 0.1) is 0 Å². The third-order valence-electron chi connectivity index (χ3n) is 3.22. The lowest BCUT2D eigenvalue weighted by Crippen LogP contribution is -2.24. The SMILES string of the molecule is O=C(O)Cc1ccc(COCC2CCCCO2)cc1. The van der Waals surface area contributed by atoms with E-state index in [0.717, 1.165) is 30.6 Å². The van der Waals surface area contributed by atoms with Crippen LogP contribution in [-0.2, 0) is 27.3 Å². The molecule has 4 heteroatoms. The molecule has 1 aromatic carbocycles. The third-order valence-corrected chi connectivity index (χ3v) is 3.22. The van der Waals surface area contributed by atoms with Crippen LogP contribution in [0.15, 0.2) is 24.3 Å². The Morgan fingerprint density at radius 1 is 1.26 bits per heavy atom. The van der Waals surface area contributed by atoms with Gasteiger partial charge in [-0.05, 0) is 30.4 Å². The van der Waals surface area contributed by atoms with Crippen LogP contribution in [0.4, 0.5) is 0 Å². The predicted octanol–water partition coefficient (Wildman–Crippen LogP) is 2.40. The predicted molar refractivity (Wildman–Crippen MR) is 71.0 cm³/mol. The largest absolute Gasteiger partial charge is 0.481 e. The van der Waals surface area contributed by atoms with Gasteiger partial charge in [-0.2, -0.15) is 0 Å². The van der Waals surface area contributed by atoms with Crippen LogP contribution in [0.2, 0.25) is 0 Å². The smallest absolute Gasteiger partial charge is 0.307 e. The maximum Gasteiger partial charge on any atom is 0.307 e. The second-order valence-corrected chi connectivity index (χ2v) is 4.89. The highest BCUT2D eigenvalue weighted by molar-refractivity contribution is 5.70. The van der Waals surface area contributed by atoms with Crippen LogP contribution < -0.4 is 0 Å². The van der Waals surface area contributed by atoms with Crippen molar-refractivity contribution in [2.24, 2.45) is 0 Å². The molecule has 0 saturated carbocycles. The molecular weight excluding hydrogens is 244 g/mol. The van der Waals surface area contributed by atoms with Crippen molar-refractivity contribution in [3.8, 4) is 0 Å². The number of carboxylic acid groups (broad SMARTS) is 1. The molecule has 1 aromatic rings. The number of carboxylic acids is 1. The van der Waals surface area contributed by atoms with E-state index in [4.69, 9.17) is 14.6 Å². The number of ether oxygens (including phenoxy) is 2. The molecule has 0 amide bonds. The molecule has 1 heterocycles. The minimum absolute atomic E-state index is 0.0665. The van der Waals surface area contributed by atoms with Crippen LogP contribution in [0.5, 0.6) is 0 Å². The number of benzene rings is 1. The average molecular weight is 264 g/mol. The summed E-state index contributed by atoms with van der Waals surface area (Å²) >= 11 is 0. The standard InChI is InChI=1S/C15H20O4/c16-15(17)9-12-4-6-13(7-5-12)10-18-11-14-3-1-2-8-19-14/h4-7,14H,1-3,8-11H2,(H,16,17). The van der Waals surface area contributed by atoms with E-state index in [-0.39, 0.29) is 12.5 Å². The molecule has 104 valence electrons. The van der Waals surface area contributed by atoms with E-state index >= 15 is 0 Å². The first-order chi connectivity index (χ1) is 9.24. The highest BCUT2D eigenvalue weighted by Crippen LogP contribution is 2.14. The summed E-state index contributed by atoms with van der Waals surface area (Å²) in [6, 6.07) is 7.51.